The summed E-state index contributed by atoms with van der Waals surface area (Å²) in [4.78, 5) is 0. The van der Waals surface area contributed by atoms with Crippen LogP contribution in [0.4, 0.5) is 0 Å². The van der Waals surface area contributed by atoms with Crippen molar-refractivity contribution in [3.63, 3.8) is 0 Å². The largest absolute Gasteiger partial charge is 0.390 e. The lowest BCUT2D eigenvalue weighted by atomic mass is 9.95. The first kappa shape index (κ1) is 39.6. The first-order valence-corrected chi connectivity index (χ1v) is 16.1. The van der Waals surface area contributed by atoms with Gasteiger partial charge in [-0.15, -0.1) is 0 Å². The first-order valence-electron chi connectivity index (χ1n) is 16.1. The van der Waals surface area contributed by atoms with Crippen molar-refractivity contribution in [1.82, 2.24) is 0 Å². The third-order valence-electron chi connectivity index (χ3n) is 7.40. The topological polar surface area (TPSA) is 40.5 Å². The molecule has 0 aromatic heterocycles. The number of hydrogen-bond acceptors (Lipinski definition) is 2. The molecule has 2 N–H and O–H groups in total. The summed E-state index contributed by atoms with van der Waals surface area (Å²) in [6, 6.07) is 0. The monoisotopic (exact) mass is 576 g/mol. The van der Waals surface area contributed by atoms with E-state index < -0.39 is 11.7 Å². The Morgan fingerprint density at radius 2 is 0.952 bits per heavy atom. The van der Waals surface area contributed by atoms with Crippen molar-refractivity contribution >= 4 is 0 Å². The van der Waals surface area contributed by atoms with E-state index in [1.807, 2.05) is 0 Å². The molecule has 0 rings (SSSR count). The molecule has 0 radical (unpaired) electrons. The van der Waals surface area contributed by atoms with Crippen LogP contribution in [0.5, 0.6) is 0 Å². The van der Waals surface area contributed by atoms with Crippen LogP contribution in [0.3, 0.4) is 0 Å². The molecule has 0 heterocycles. The first-order chi connectivity index (χ1) is 19.7. The minimum atomic E-state index is -1.03. The molecule has 42 heavy (non-hydrogen) atoms. The van der Waals surface area contributed by atoms with E-state index in [4.69, 9.17) is 0 Å². The highest BCUT2D eigenvalue weighted by molar-refractivity contribution is 5.27. The summed E-state index contributed by atoms with van der Waals surface area (Å²) in [6.07, 6.45) is 34.0. The van der Waals surface area contributed by atoms with Crippen molar-refractivity contribution in [2.45, 2.75) is 145 Å². The van der Waals surface area contributed by atoms with Gasteiger partial charge >= 0.3 is 0 Å². The maximum Gasteiger partial charge on any atom is 0.0849 e. The standard InChI is InChI=1S/C40H64O2/c1-32(2)18-13-21-35(5)24-16-27-36(6)25-14-22-33(3)19-11-12-20-34(4)23-15-26-37(7)28-17-29-38(8)30-31-39(41)40(9,10)42/h11-12,14,18-20,22,24-26,29,39,41-42H,13,15-17,21,23,27-28,30-31H2,1-10H3/b12-11+,22-14+,33-19+,34-20+,35-24+,36-25+,37-26+,38-29+. The van der Waals surface area contributed by atoms with E-state index in [1.165, 1.54) is 39.0 Å². The summed E-state index contributed by atoms with van der Waals surface area (Å²) in [5.74, 6) is 0. The number of aliphatic hydroxyl groups excluding tert-OH is 1. The minimum Gasteiger partial charge on any atom is -0.390 e. The van der Waals surface area contributed by atoms with Crippen molar-refractivity contribution in [3.8, 4) is 0 Å². The molecule has 2 heteroatoms. The predicted molar refractivity (Wildman–Crippen MR) is 189 cm³/mol. The van der Waals surface area contributed by atoms with Crippen LogP contribution >= 0.6 is 0 Å². The van der Waals surface area contributed by atoms with E-state index in [0.29, 0.717) is 6.42 Å². The molecule has 0 aliphatic carbocycles. The van der Waals surface area contributed by atoms with E-state index in [-0.39, 0.29) is 0 Å². The zero-order valence-electron chi connectivity index (χ0n) is 28.9. The van der Waals surface area contributed by atoms with Crippen LogP contribution in [0.25, 0.3) is 0 Å². The van der Waals surface area contributed by atoms with Crippen LogP contribution in [0.2, 0.25) is 0 Å². The van der Waals surface area contributed by atoms with Crippen molar-refractivity contribution in [1.29, 1.82) is 0 Å². The van der Waals surface area contributed by atoms with Gasteiger partial charge in [0.05, 0.1) is 11.7 Å². The van der Waals surface area contributed by atoms with Crippen molar-refractivity contribution < 1.29 is 10.2 Å². The Morgan fingerprint density at radius 1 is 0.548 bits per heavy atom. The molecule has 2 nitrogen and oxygen atoms in total. The lowest BCUT2D eigenvalue weighted by Crippen LogP contribution is -2.35. The predicted octanol–water partition coefficient (Wildman–Crippen LogP) is 11.8. The quantitative estimate of drug-likeness (QED) is 0.112. The van der Waals surface area contributed by atoms with Crippen LogP contribution in [-0.4, -0.2) is 21.9 Å². The fourth-order valence-electron chi connectivity index (χ4n) is 4.26. The zero-order valence-corrected chi connectivity index (χ0v) is 28.9. The Kier molecular flexibility index (Phi) is 21.8. The number of hydrogen-bond donors (Lipinski definition) is 2. The fraction of sp³-hybridized carbons (Fsp3) is 0.550. The summed E-state index contributed by atoms with van der Waals surface area (Å²) in [5, 5.41) is 19.8. The normalized spacial score (nSPS) is 15.7. The highest BCUT2D eigenvalue weighted by Crippen LogP contribution is 2.18. The summed E-state index contributed by atoms with van der Waals surface area (Å²) in [5.41, 5.74) is 8.61. The second kappa shape index (κ2) is 23.1. The molecule has 0 aromatic rings. The van der Waals surface area contributed by atoms with Gasteiger partial charge in [0.1, 0.15) is 0 Å². The smallest absolute Gasteiger partial charge is 0.0849 e. The van der Waals surface area contributed by atoms with Gasteiger partial charge in [0.2, 0.25) is 0 Å². The second-order valence-corrected chi connectivity index (χ2v) is 13.0. The highest BCUT2D eigenvalue weighted by atomic mass is 16.3. The summed E-state index contributed by atoms with van der Waals surface area (Å²) >= 11 is 0. The summed E-state index contributed by atoms with van der Waals surface area (Å²) in [6.45, 7) is 20.8. The van der Waals surface area contributed by atoms with Gasteiger partial charge in [-0.1, -0.05) is 106 Å². The van der Waals surface area contributed by atoms with Crippen molar-refractivity contribution in [2.24, 2.45) is 0 Å². The molecule has 0 spiro atoms. The Morgan fingerprint density at radius 3 is 1.43 bits per heavy atom. The maximum atomic E-state index is 9.98. The molecule has 236 valence electrons. The molecule has 0 saturated heterocycles. The average Bonchev–Trinajstić information content (AvgIpc) is 2.89. The van der Waals surface area contributed by atoms with Crippen LogP contribution in [0.15, 0.2) is 106 Å². The Hall–Kier alpha value is -2.42. The molecule has 0 fully saturated rings. The van der Waals surface area contributed by atoms with Crippen LogP contribution in [0.1, 0.15) is 133 Å². The van der Waals surface area contributed by atoms with Gasteiger partial charge < -0.3 is 10.2 Å². The fourth-order valence-corrected chi connectivity index (χ4v) is 4.26. The van der Waals surface area contributed by atoms with E-state index in [2.05, 4.69) is 122 Å². The molecule has 1 unspecified atom stereocenters. The van der Waals surface area contributed by atoms with E-state index in [1.54, 1.807) is 13.8 Å². The van der Waals surface area contributed by atoms with Crippen molar-refractivity contribution in [2.75, 3.05) is 0 Å². The van der Waals surface area contributed by atoms with E-state index in [9.17, 15) is 10.2 Å². The molecule has 0 amide bonds. The van der Waals surface area contributed by atoms with Crippen molar-refractivity contribution in [3.05, 3.63) is 106 Å². The van der Waals surface area contributed by atoms with E-state index >= 15 is 0 Å². The van der Waals surface area contributed by atoms with Gasteiger partial charge in [-0.25, -0.2) is 0 Å². The molecule has 0 aliphatic heterocycles. The van der Waals surface area contributed by atoms with Gasteiger partial charge in [0.15, 0.2) is 0 Å². The number of aliphatic hydroxyl groups is 2. The number of allylic oxidation sites excluding steroid dienone is 18. The second-order valence-electron chi connectivity index (χ2n) is 13.0. The Balaban J connectivity index is 4.41. The van der Waals surface area contributed by atoms with Gasteiger partial charge in [0.25, 0.3) is 0 Å². The third kappa shape index (κ3) is 24.2. The lowest BCUT2D eigenvalue weighted by Gasteiger charge is -2.24. The summed E-state index contributed by atoms with van der Waals surface area (Å²) < 4.78 is 0. The van der Waals surface area contributed by atoms with Gasteiger partial charge in [-0.3, -0.25) is 0 Å². The molecule has 0 saturated carbocycles. The van der Waals surface area contributed by atoms with Gasteiger partial charge in [0, 0.05) is 0 Å². The summed E-state index contributed by atoms with van der Waals surface area (Å²) in [7, 11) is 0. The molecule has 1 atom stereocenters. The Labute approximate surface area is 260 Å². The van der Waals surface area contributed by atoms with Gasteiger partial charge in [-0.05, 0) is 133 Å². The molecule has 0 bridgehead atoms. The molecular weight excluding hydrogens is 512 g/mol. The Bertz CT molecular complexity index is 1040. The lowest BCUT2D eigenvalue weighted by molar-refractivity contribution is -0.0509. The van der Waals surface area contributed by atoms with Crippen LogP contribution < -0.4 is 0 Å². The zero-order chi connectivity index (χ0) is 32.0. The molecule has 0 aromatic carbocycles. The highest BCUT2D eigenvalue weighted by Gasteiger charge is 2.23. The third-order valence-corrected chi connectivity index (χ3v) is 7.40. The number of rotatable bonds is 20. The molecule has 0 aliphatic rings. The van der Waals surface area contributed by atoms with Crippen LogP contribution in [-0.2, 0) is 0 Å². The molecular formula is C40H64O2. The van der Waals surface area contributed by atoms with Gasteiger partial charge in [-0.2, -0.15) is 0 Å². The van der Waals surface area contributed by atoms with Crippen LogP contribution in [0, 0.1) is 0 Å². The maximum absolute atomic E-state index is 9.98. The minimum absolute atomic E-state index is 0.597. The SMILES string of the molecule is CC(C)=CCC/C(C)=C/CC/C(C)=C/C=C/C(C)=C/C=C/C=C(\C)CC/C=C(\C)CC/C=C(\C)CCC(O)C(C)(C)O. The average molecular weight is 577 g/mol. The van der Waals surface area contributed by atoms with E-state index in [0.717, 1.165) is 57.8 Å².